The van der Waals surface area contributed by atoms with E-state index in [2.05, 4.69) is 5.32 Å². The summed E-state index contributed by atoms with van der Waals surface area (Å²) in [7, 11) is -3.59. The Morgan fingerprint density at radius 2 is 1.72 bits per heavy atom. The number of halogens is 1. The van der Waals surface area contributed by atoms with Crippen LogP contribution in [0.2, 0.25) is 5.02 Å². The molecule has 0 aromatic heterocycles. The molecular weight excluding hydrogens is 360 g/mol. The number of anilines is 1. The zero-order valence-electron chi connectivity index (χ0n) is 14.4. The van der Waals surface area contributed by atoms with Gasteiger partial charge >= 0.3 is 0 Å². The first kappa shape index (κ1) is 19.3. The molecule has 0 spiro atoms. The Morgan fingerprint density at radius 1 is 1.12 bits per heavy atom. The maximum atomic E-state index is 12.3. The van der Waals surface area contributed by atoms with E-state index in [-0.39, 0.29) is 13.1 Å². The number of carbonyl (C=O) groups is 1. The van der Waals surface area contributed by atoms with Crippen molar-refractivity contribution in [1.29, 1.82) is 0 Å². The zero-order valence-corrected chi connectivity index (χ0v) is 16.0. The average molecular weight is 381 g/mol. The predicted molar refractivity (Wildman–Crippen MR) is 101 cm³/mol. The van der Waals surface area contributed by atoms with E-state index >= 15 is 0 Å². The molecule has 7 heteroatoms. The number of amides is 1. The maximum absolute atomic E-state index is 12.3. The Hall–Kier alpha value is -2.05. The largest absolute Gasteiger partial charge is 0.350 e. The Balaban J connectivity index is 2.15. The van der Waals surface area contributed by atoms with Crippen LogP contribution in [-0.4, -0.2) is 27.1 Å². The molecule has 25 heavy (non-hydrogen) atoms. The first-order valence-electron chi connectivity index (χ1n) is 7.73. The monoisotopic (exact) mass is 380 g/mol. The molecule has 0 radical (unpaired) electrons. The minimum absolute atomic E-state index is 0.239. The predicted octanol–water partition coefficient (Wildman–Crippen LogP) is 3.04. The molecule has 1 N–H and O–H groups in total. The van der Waals surface area contributed by atoms with E-state index in [1.54, 1.807) is 30.3 Å². The fraction of sp³-hybridized carbons (Fsp3) is 0.278. The van der Waals surface area contributed by atoms with Crippen LogP contribution in [0, 0.1) is 13.8 Å². The fourth-order valence-corrected chi connectivity index (χ4v) is 3.56. The van der Waals surface area contributed by atoms with Crippen molar-refractivity contribution >= 4 is 33.2 Å². The van der Waals surface area contributed by atoms with Crippen LogP contribution in [0.1, 0.15) is 16.7 Å². The summed E-state index contributed by atoms with van der Waals surface area (Å²) in [5, 5.41) is 3.26. The molecule has 0 heterocycles. The summed E-state index contributed by atoms with van der Waals surface area (Å²) < 4.78 is 25.4. The molecule has 2 rings (SSSR count). The van der Waals surface area contributed by atoms with Crippen LogP contribution in [0.25, 0.3) is 0 Å². The highest BCUT2D eigenvalue weighted by molar-refractivity contribution is 7.92. The molecule has 0 unspecified atom stereocenters. The number of hydrogen-bond donors (Lipinski definition) is 1. The van der Waals surface area contributed by atoms with Crippen LogP contribution in [0.4, 0.5) is 5.69 Å². The molecule has 1 amide bonds. The zero-order chi connectivity index (χ0) is 18.6. The van der Waals surface area contributed by atoms with Crippen LogP contribution in [0.5, 0.6) is 0 Å². The third kappa shape index (κ3) is 5.47. The van der Waals surface area contributed by atoms with Crippen LogP contribution >= 0.6 is 11.6 Å². The quantitative estimate of drug-likeness (QED) is 0.837. The SMILES string of the molecule is Cc1cc(C)cc(N(CC(=O)NCc2ccccc2Cl)S(C)(=O)=O)c1. The maximum Gasteiger partial charge on any atom is 0.241 e. The highest BCUT2D eigenvalue weighted by Crippen LogP contribution is 2.21. The number of hydrogen-bond acceptors (Lipinski definition) is 3. The minimum atomic E-state index is -3.59. The van der Waals surface area contributed by atoms with E-state index in [9.17, 15) is 13.2 Å². The Bertz CT molecular complexity index is 861. The van der Waals surface area contributed by atoms with Crippen molar-refractivity contribution in [1.82, 2.24) is 5.32 Å². The third-order valence-electron chi connectivity index (χ3n) is 3.62. The van der Waals surface area contributed by atoms with Gasteiger partial charge in [0.25, 0.3) is 0 Å². The van der Waals surface area contributed by atoms with Crippen LogP contribution < -0.4 is 9.62 Å². The summed E-state index contributed by atoms with van der Waals surface area (Å²) in [5.41, 5.74) is 3.11. The van der Waals surface area contributed by atoms with Gasteiger partial charge in [-0.05, 0) is 48.7 Å². The Kier molecular flexibility index (Phi) is 6.08. The van der Waals surface area contributed by atoms with Crippen molar-refractivity contribution in [3.63, 3.8) is 0 Å². The van der Waals surface area contributed by atoms with E-state index in [1.165, 1.54) is 0 Å². The van der Waals surface area contributed by atoms with Crippen molar-refractivity contribution in [3.8, 4) is 0 Å². The van der Waals surface area contributed by atoms with Gasteiger partial charge in [0.15, 0.2) is 0 Å². The summed E-state index contributed by atoms with van der Waals surface area (Å²) in [6.07, 6.45) is 1.09. The van der Waals surface area contributed by atoms with Crippen molar-refractivity contribution in [3.05, 3.63) is 64.2 Å². The smallest absolute Gasteiger partial charge is 0.241 e. The fourth-order valence-electron chi connectivity index (χ4n) is 2.52. The lowest BCUT2D eigenvalue weighted by molar-refractivity contribution is -0.119. The van der Waals surface area contributed by atoms with Gasteiger partial charge in [0.1, 0.15) is 6.54 Å². The lowest BCUT2D eigenvalue weighted by atomic mass is 10.1. The van der Waals surface area contributed by atoms with Crippen molar-refractivity contribution in [2.45, 2.75) is 20.4 Å². The van der Waals surface area contributed by atoms with Gasteiger partial charge in [-0.3, -0.25) is 9.10 Å². The Labute approximate surface area is 153 Å². The molecule has 2 aromatic carbocycles. The van der Waals surface area contributed by atoms with Crippen molar-refractivity contribution < 1.29 is 13.2 Å². The molecule has 0 aliphatic rings. The molecule has 0 saturated carbocycles. The molecule has 134 valence electrons. The minimum Gasteiger partial charge on any atom is -0.350 e. The van der Waals surface area contributed by atoms with E-state index in [0.29, 0.717) is 10.7 Å². The first-order valence-corrected chi connectivity index (χ1v) is 9.95. The molecule has 0 aliphatic carbocycles. The number of carbonyl (C=O) groups excluding carboxylic acids is 1. The topological polar surface area (TPSA) is 66.5 Å². The van der Waals surface area contributed by atoms with Crippen molar-refractivity contribution in [2.24, 2.45) is 0 Å². The van der Waals surface area contributed by atoms with Crippen LogP contribution in [0.3, 0.4) is 0 Å². The van der Waals surface area contributed by atoms with E-state index in [1.807, 2.05) is 26.0 Å². The second-order valence-corrected chi connectivity index (χ2v) is 8.30. The van der Waals surface area contributed by atoms with Crippen LogP contribution in [-0.2, 0) is 21.4 Å². The average Bonchev–Trinajstić information content (AvgIpc) is 2.49. The molecular formula is C18H21ClN2O3S. The molecule has 5 nitrogen and oxygen atoms in total. The molecule has 0 fully saturated rings. The number of aryl methyl sites for hydroxylation is 2. The molecule has 0 saturated heterocycles. The summed E-state index contributed by atoms with van der Waals surface area (Å²) >= 11 is 6.06. The number of benzene rings is 2. The summed E-state index contributed by atoms with van der Waals surface area (Å²) in [6.45, 7) is 3.72. The highest BCUT2D eigenvalue weighted by atomic mass is 35.5. The van der Waals surface area contributed by atoms with Gasteiger partial charge in [-0.1, -0.05) is 35.9 Å². The number of rotatable bonds is 6. The lowest BCUT2D eigenvalue weighted by Gasteiger charge is -2.23. The van der Waals surface area contributed by atoms with E-state index < -0.39 is 15.9 Å². The standard InChI is InChI=1S/C18H21ClN2O3S/c1-13-8-14(2)10-16(9-13)21(25(3,23)24)12-18(22)20-11-15-6-4-5-7-17(15)19/h4-10H,11-12H2,1-3H3,(H,20,22). The summed E-state index contributed by atoms with van der Waals surface area (Å²) in [6, 6.07) is 12.6. The molecule has 0 atom stereocenters. The molecule has 0 bridgehead atoms. The second-order valence-electron chi connectivity index (χ2n) is 5.98. The normalized spacial score (nSPS) is 11.2. The van der Waals surface area contributed by atoms with Gasteiger partial charge in [0, 0.05) is 11.6 Å². The van der Waals surface area contributed by atoms with E-state index in [0.717, 1.165) is 27.3 Å². The van der Waals surface area contributed by atoms with Crippen LogP contribution in [0.15, 0.2) is 42.5 Å². The number of nitrogens with one attached hydrogen (secondary N) is 1. The van der Waals surface area contributed by atoms with Gasteiger partial charge in [0.2, 0.25) is 15.9 Å². The van der Waals surface area contributed by atoms with Gasteiger partial charge in [-0.25, -0.2) is 8.42 Å². The molecule has 2 aromatic rings. The van der Waals surface area contributed by atoms with Crippen molar-refractivity contribution in [2.75, 3.05) is 17.1 Å². The van der Waals surface area contributed by atoms with Gasteiger partial charge < -0.3 is 5.32 Å². The Morgan fingerprint density at radius 3 is 2.28 bits per heavy atom. The number of nitrogens with zero attached hydrogens (tertiary/aromatic N) is 1. The second kappa shape index (κ2) is 7.89. The molecule has 0 aliphatic heterocycles. The number of sulfonamides is 1. The lowest BCUT2D eigenvalue weighted by Crippen LogP contribution is -2.40. The van der Waals surface area contributed by atoms with Gasteiger partial charge in [-0.2, -0.15) is 0 Å². The summed E-state index contributed by atoms with van der Waals surface area (Å²) in [4.78, 5) is 12.3. The first-order chi connectivity index (χ1) is 11.7. The van der Waals surface area contributed by atoms with E-state index in [4.69, 9.17) is 11.6 Å². The highest BCUT2D eigenvalue weighted by Gasteiger charge is 2.21. The summed E-state index contributed by atoms with van der Waals surface area (Å²) in [5.74, 6) is -0.399. The third-order valence-corrected chi connectivity index (χ3v) is 5.13. The van der Waals surface area contributed by atoms with Gasteiger partial charge in [-0.15, -0.1) is 0 Å². The van der Waals surface area contributed by atoms with Gasteiger partial charge in [0.05, 0.1) is 11.9 Å².